The van der Waals surface area contributed by atoms with Crippen LogP contribution in [-0.2, 0) is 17.6 Å². The first-order chi connectivity index (χ1) is 11.2. The van der Waals surface area contributed by atoms with Crippen molar-refractivity contribution in [2.75, 3.05) is 23.7 Å². The lowest BCUT2D eigenvalue weighted by Gasteiger charge is -2.36. The monoisotopic (exact) mass is 365 g/mol. The minimum atomic E-state index is -0.181. The Kier molecular flexibility index (Phi) is 6.52. The first kappa shape index (κ1) is 18.6. The summed E-state index contributed by atoms with van der Waals surface area (Å²) in [6.07, 6.45) is 2.92. The van der Waals surface area contributed by atoms with Crippen LogP contribution < -0.4 is 16.0 Å². The van der Waals surface area contributed by atoms with Gasteiger partial charge in [-0.05, 0) is 55.3 Å². The molecule has 1 unspecified atom stereocenters. The number of benzene rings is 1. The topological polar surface area (TPSA) is 58.4 Å². The van der Waals surface area contributed by atoms with Gasteiger partial charge in [-0.15, -0.1) is 23.7 Å². The van der Waals surface area contributed by atoms with Gasteiger partial charge in [-0.3, -0.25) is 4.79 Å². The van der Waals surface area contributed by atoms with Gasteiger partial charge < -0.3 is 16.0 Å². The van der Waals surface area contributed by atoms with Crippen LogP contribution in [0.1, 0.15) is 23.8 Å². The van der Waals surface area contributed by atoms with Crippen LogP contribution in [0.3, 0.4) is 0 Å². The van der Waals surface area contributed by atoms with Crippen molar-refractivity contribution in [3.63, 3.8) is 0 Å². The lowest BCUT2D eigenvalue weighted by molar-refractivity contribution is -0.122. The van der Waals surface area contributed by atoms with Crippen molar-refractivity contribution in [3.05, 3.63) is 46.2 Å². The fourth-order valence-electron chi connectivity index (χ4n) is 3.14. The van der Waals surface area contributed by atoms with Crippen molar-refractivity contribution < 1.29 is 4.79 Å². The van der Waals surface area contributed by atoms with Crippen LogP contribution in [0.4, 0.5) is 11.4 Å². The second-order valence-electron chi connectivity index (χ2n) is 5.94. The second-order valence-corrected chi connectivity index (χ2v) is 6.97. The molecule has 0 spiro atoms. The Morgan fingerprint density at radius 1 is 1.38 bits per heavy atom. The summed E-state index contributed by atoms with van der Waals surface area (Å²) in [6, 6.07) is 9.94. The molecule has 6 heteroatoms. The predicted molar refractivity (Wildman–Crippen MR) is 104 cm³/mol. The molecule has 24 heavy (non-hydrogen) atoms. The van der Waals surface area contributed by atoms with E-state index < -0.39 is 0 Å². The Morgan fingerprint density at radius 3 is 2.96 bits per heavy atom. The Hall–Kier alpha value is -1.72. The maximum Gasteiger partial charge on any atom is 0.242 e. The normalized spacial score (nSPS) is 14.5. The molecule has 1 aromatic carbocycles. The van der Waals surface area contributed by atoms with E-state index >= 15 is 0 Å². The van der Waals surface area contributed by atoms with Gasteiger partial charge >= 0.3 is 0 Å². The van der Waals surface area contributed by atoms with Gasteiger partial charge in [0.05, 0.1) is 0 Å². The fraction of sp³-hybridized carbons (Fsp3) is 0.389. The molecule has 3 rings (SSSR count). The van der Waals surface area contributed by atoms with Gasteiger partial charge in [-0.1, -0.05) is 12.1 Å². The molecule has 0 aliphatic carbocycles. The number of rotatable bonds is 5. The van der Waals surface area contributed by atoms with E-state index in [0.717, 1.165) is 37.2 Å². The molecule has 4 nitrogen and oxygen atoms in total. The maximum atomic E-state index is 12.5. The summed E-state index contributed by atoms with van der Waals surface area (Å²) in [7, 11) is 0. The maximum absolute atomic E-state index is 12.5. The number of halogens is 1. The Morgan fingerprint density at radius 2 is 2.21 bits per heavy atom. The molecule has 130 valence electrons. The lowest BCUT2D eigenvalue weighted by Crippen LogP contribution is -2.47. The first-order valence-corrected chi connectivity index (χ1v) is 8.99. The van der Waals surface area contributed by atoms with E-state index in [1.54, 1.807) is 11.3 Å². The smallest absolute Gasteiger partial charge is 0.242 e. The van der Waals surface area contributed by atoms with Crippen LogP contribution >= 0.6 is 23.7 Å². The number of fused-ring (bicyclic) bond motifs is 1. The zero-order chi connectivity index (χ0) is 16.2. The van der Waals surface area contributed by atoms with E-state index in [-0.39, 0.29) is 24.4 Å². The summed E-state index contributed by atoms with van der Waals surface area (Å²) in [5.74, 6) is 0.0804. The zero-order valence-corrected chi connectivity index (χ0v) is 15.5. The summed E-state index contributed by atoms with van der Waals surface area (Å²) in [4.78, 5) is 16.0. The summed E-state index contributed by atoms with van der Waals surface area (Å²) in [6.45, 7) is 3.55. The third-order valence-electron chi connectivity index (χ3n) is 4.42. The average Bonchev–Trinajstić information content (AvgIpc) is 3.07. The molecule has 2 aromatic rings. The van der Waals surface area contributed by atoms with E-state index in [1.807, 2.05) is 25.1 Å². The number of hydrogen-bond donors (Lipinski definition) is 2. The summed E-state index contributed by atoms with van der Waals surface area (Å²) in [5, 5.41) is 5.12. The Balaban J connectivity index is 0.00000208. The molecule has 3 N–H and O–H groups in total. The lowest BCUT2D eigenvalue weighted by atomic mass is 9.98. The highest BCUT2D eigenvalue weighted by molar-refractivity contribution is 7.09. The van der Waals surface area contributed by atoms with Crippen LogP contribution in [0.15, 0.2) is 35.7 Å². The number of anilines is 2. The van der Waals surface area contributed by atoms with E-state index in [2.05, 4.69) is 27.7 Å². The summed E-state index contributed by atoms with van der Waals surface area (Å²) in [5.41, 5.74) is 9.21. The van der Waals surface area contributed by atoms with E-state index in [4.69, 9.17) is 5.73 Å². The highest BCUT2D eigenvalue weighted by Crippen LogP contribution is 2.32. The van der Waals surface area contributed by atoms with Gasteiger partial charge in [0.25, 0.3) is 0 Å². The van der Waals surface area contributed by atoms with Crippen molar-refractivity contribution in [2.45, 2.75) is 32.2 Å². The summed E-state index contributed by atoms with van der Waals surface area (Å²) < 4.78 is 0. The minimum absolute atomic E-state index is 0. The largest absolute Gasteiger partial charge is 0.398 e. The molecule has 1 aliphatic rings. The zero-order valence-electron chi connectivity index (χ0n) is 13.8. The van der Waals surface area contributed by atoms with E-state index in [0.29, 0.717) is 6.54 Å². The molecule has 1 aliphatic heterocycles. The first-order valence-electron chi connectivity index (χ1n) is 8.11. The third kappa shape index (κ3) is 4.02. The van der Waals surface area contributed by atoms with Crippen molar-refractivity contribution in [2.24, 2.45) is 0 Å². The molecule has 0 fully saturated rings. The minimum Gasteiger partial charge on any atom is -0.398 e. The molecular formula is C18H24ClN3OS. The molecule has 0 saturated heterocycles. The van der Waals surface area contributed by atoms with Crippen LogP contribution in [0.5, 0.6) is 0 Å². The van der Waals surface area contributed by atoms with Gasteiger partial charge in [0, 0.05) is 29.3 Å². The number of nitrogens with one attached hydrogen (secondary N) is 1. The molecule has 0 saturated carbocycles. The van der Waals surface area contributed by atoms with Crippen molar-refractivity contribution in [1.82, 2.24) is 5.32 Å². The quantitative estimate of drug-likeness (QED) is 0.799. The number of nitrogen functional groups attached to an aromatic ring is 1. The Labute approximate surface area is 153 Å². The number of amides is 1. The Bertz CT molecular complexity index is 675. The van der Waals surface area contributed by atoms with Crippen molar-refractivity contribution in [3.8, 4) is 0 Å². The third-order valence-corrected chi connectivity index (χ3v) is 5.36. The number of nitrogens with zero attached hydrogens (tertiary/aromatic N) is 1. The standard InChI is InChI=1S/C18H23N3OS.ClH/c1-13(18(22)20-10-9-14-5-4-12-23-14)21-11-3-6-15-16(19)7-2-8-17(15)21;/h2,4-5,7-8,12-13H,3,6,9-11,19H2,1H3,(H,20,22);1H. The van der Waals surface area contributed by atoms with Gasteiger partial charge in [-0.2, -0.15) is 0 Å². The van der Waals surface area contributed by atoms with Gasteiger partial charge in [0.2, 0.25) is 5.91 Å². The van der Waals surface area contributed by atoms with E-state index in [1.165, 1.54) is 10.4 Å². The highest BCUT2D eigenvalue weighted by Gasteiger charge is 2.26. The van der Waals surface area contributed by atoms with Gasteiger partial charge in [0.1, 0.15) is 6.04 Å². The fourth-order valence-corrected chi connectivity index (χ4v) is 3.84. The number of nitrogens with two attached hydrogens (primary N) is 1. The highest BCUT2D eigenvalue weighted by atomic mass is 35.5. The van der Waals surface area contributed by atoms with Crippen LogP contribution in [0.2, 0.25) is 0 Å². The van der Waals surface area contributed by atoms with Crippen molar-refractivity contribution >= 4 is 41.0 Å². The summed E-state index contributed by atoms with van der Waals surface area (Å²) >= 11 is 1.73. The molecule has 1 aromatic heterocycles. The van der Waals surface area contributed by atoms with Crippen molar-refractivity contribution in [1.29, 1.82) is 0 Å². The number of carbonyl (C=O) groups excluding carboxylic acids is 1. The second kappa shape index (κ2) is 8.40. The van der Waals surface area contributed by atoms with Gasteiger partial charge in [0.15, 0.2) is 0 Å². The van der Waals surface area contributed by atoms with Crippen LogP contribution in [-0.4, -0.2) is 25.0 Å². The molecule has 0 bridgehead atoms. The number of hydrogen-bond acceptors (Lipinski definition) is 4. The SMILES string of the molecule is CC(C(=O)NCCc1cccs1)N1CCCc2c(N)cccc21.Cl. The molecular weight excluding hydrogens is 342 g/mol. The molecule has 1 amide bonds. The van der Waals surface area contributed by atoms with E-state index in [9.17, 15) is 4.79 Å². The number of thiophene rings is 1. The predicted octanol–water partition coefficient (Wildman–Crippen LogP) is 3.25. The molecule has 2 heterocycles. The van der Waals surface area contributed by atoms with Crippen LogP contribution in [0.25, 0.3) is 0 Å². The average molecular weight is 366 g/mol. The molecule has 1 atom stereocenters. The van der Waals surface area contributed by atoms with Crippen LogP contribution in [0, 0.1) is 0 Å². The molecule has 0 radical (unpaired) electrons. The van der Waals surface area contributed by atoms with Gasteiger partial charge in [-0.25, -0.2) is 0 Å². The number of carbonyl (C=O) groups is 1.